The number of benzene rings is 1. The molecule has 0 saturated carbocycles. The van der Waals surface area contributed by atoms with E-state index in [1.807, 2.05) is 6.92 Å². The fourth-order valence-electron chi connectivity index (χ4n) is 1.27. The highest BCUT2D eigenvalue weighted by Gasteiger charge is 2.03. The van der Waals surface area contributed by atoms with Crippen molar-refractivity contribution in [1.29, 1.82) is 0 Å². The fourth-order valence-corrected chi connectivity index (χ4v) is 2.15. The van der Waals surface area contributed by atoms with E-state index >= 15 is 0 Å². The molecule has 0 fully saturated rings. The second-order valence-electron chi connectivity index (χ2n) is 3.74. The van der Waals surface area contributed by atoms with E-state index in [2.05, 4.69) is 43.0 Å². The van der Waals surface area contributed by atoms with Crippen LogP contribution in [0.25, 0.3) is 0 Å². The molecule has 1 aromatic carbocycles. The van der Waals surface area contributed by atoms with Crippen LogP contribution in [-0.4, -0.2) is 17.0 Å². The van der Waals surface area contributed by atoms with Crippen LogP contribution in [0.5, 0.6) is 0 Å². The van der Waals surface area contributed by atoms with E-state index < -0.39 is 0 Å². The number of aliphatic hydroxyl groups is 1. The maximum atomic E-state index is 9.70. The molecule has 0 bridgehead atoms. The summed E-state index contributed by atoms with van der Waals surface area (Å²) in [6.07, 6.45) is 1.29. The molecule has 0 spiro atoms. The molecule has 1 unspecified atom stereocenters. The quantitative estimate of drug-likeness (QED) is 0.623. The van der Waals surface area contributed by atoms with E-state index in [0.717, 1.165) is 18.6 Å². The lowest BCUT2D eigenvalue weighted by molar-refractivity contribution is 0.191. The number of hydrogen-bond acceptors (Lipinski definition) is 2. The van der Waals surface area contributed by atoms with Gasteiger partial charge in [0.1, 0.15) is 0 Å². The van der Waals surface area contributed by atoms with Crippen LogP contribution < -0.4 is 0 Å². The monoisotopic (exact) mass is 234 g/mol. The van der Waals surface area contributed by atoms with Gasteiger partial charge in [0.2, 0.25) is 0 Å². The molecule has 1 aromatic rings. The Bertz CT molecular complexity index is 359. The van der Waals surface area contributed by atoms with Gasteiger partial charge in [0.25, 0.3) is 0 Å². The van der Waals surface area contributed by atoms with Gasteiger partial charge in [0, 0.05) is 17.1 Å². The maximum Gasteiger partial charge on any atom is 0.0643 e. The molecule has 1 rings (SSSR count). The average molecular weight is 234 g/mol. The minimum Gasteiger partial charge on any atom is -0.392 e. The lowest BCUT2D eigenvalue weighted by atomic mass is 10.2. The lowest BCUT2D eigenvalue weighted by Gasteiger charge is -2.08. The van der Waals surface area contributed by atoms with Gasteiger partial charge in [-0.05, 0) is 32.4 Å². The van der Waals surface area contributed by atoms with Gasteiger partial charge in [0.05, 0.1) is 6.10 Å². The Morgan fingerprint density at radius 3 is 2.62 bits per heavy atom. The molecular weight excluding hydrogens is 216 g/mol. The standard InChI is InChI=1S/C14H18OS/c1-3-4-5-6-13(15)11-16-14-9-7-12(2)8-10-14/h7-10,13,15H,5-6,11H2,1-2H3. The van der Waals surface area contributed by atoms with Gasteiger partial charge in [-0.25, -0.2) is 0 Å². The molecular formula is C14H18OS. The number of hydrogen-bond donors (Lipinski definition) is 1. The van der Waals surface area contributed by atoms with Crippen molar-refractivity contribution >= 4 is 11.8 Å². The third-order valence-electron chi connectivity index (χ3n) is 2.24. The molecule has 0 radical (unpaired) electrons. The minimum atomic E-state index is -0.257. The molecule has 1 nitrogen and oxygen atoms in total. The summed E-state index contributed by atoms with van der Waals surface area (Å²) in [6, 6.07) is 8.38. The zero-order valence-electron chi connectivity index (χ0n) is 9.86. The predicted octanol–water partition coefficient (Wildman–Crippen LogP) is 3.25. The summed E-state index contributed by atoms with van der Waals surface area (Å²) in [4.78, 5) is 1.21. The number of aryl methyl sites for hydroxylation is 1. The van der Waals surface area contributed by atoms with Crippen LogP contribution in [0.15, 0.2) is 29.2 Å². The summed E-state index contributed by atoms with van der Waals surface area (Å²) >= 11 is 1.70. The molecule has 0 heterocycles. The molecule has 16 heavy (non-hydrogen) atoms. The van der Waals surface area contributed by atoms with Crippen molar-refractivity contribution in [1.82, 2.24) is 0 Å². The van der Waals surface area contributed by atoms with Gasteiger partial charge >= 0.3 is 0 Å². The Kier molecular flexibility index (Phi) is 6.07. The SMILES string of the molecule is CC#CCCC(O)CSc1ccc(C)cc1. The summed E-state index contributed by atoms with van der Waals surface area (Å²) in [5.74, 6) is 6.55. The van der Waals surface area contributed by atoms with Crippen LogP contribution in [0.2, 0.25) is 0 Å². The summed E-state index contributed by atoms with van der Waals surface area (Å²) in [5.41, 5.74) is 1.27. The first-order valence-electron chi connectivity index (χ1n) is 5.49. The van der Waals surface area contributed by atoms with Crippen molar-refractivity contribution in [3.05, 3.63) is 29.8 Å². The summed E-state index contributed by atoms with van der Waals surface area (Å²) < 4.78 is 0. The Labute approximate surface area is 102 Å². The first kappa shape index (κ1) is 13.2. The Morgan fingerprint density at radius 1 is 1.31 bits per heavy atom. The topological polar surface area (TPSA) is 20.2 Å². The van der Waals surface area contributed by atoms with Crippen LogP contribution in [0.3, 0.4) is 0 Å². The van der Waals surface area contributed by atoms with Crippen molar-refractivity contribution in [2.45, 2.75) is 37.7 Å². The highest BCUT2D eigenvalue weighted by Crippen LogP contribution is 2.20. The summed E-state index contributed by atoms with van der Waals surface area (Å²) in [7, 11) is 0. The zero-order chi connectivity index (χ0) is 11.8. The molecule has 0 aliphatic heterocycles. The number of aliphatic hydroxyl groups excluding tert-OH is 1. The summed E-state index contributed by atoms with van der Waals surface area (Å²) in [6.45, 7) is 3.90. The van der Waals surface area contributed by atoms with Gasteiger partial charge in [-0.1, -0.05) is 17.7 Å². The molecule has 0 saturated heterocycles. The van der Waals surface area contributed by atoms with Gasteiger partial charge in [0.15, 0.2) is 0 Å². The van der Waals surface area contributed by atoms with E-state index in [0.29, 0.717) is 0 Å². The normalized spacial score (nSPS) is 11.7. The minimum absolute atomic E-state index is 0.257. The number of thioether (sulfide) groups is 1. The van der Waals surface area contributed by atoms with Gasteiger partial charge in [-0.2, -0.15) is 0 Å². The fraction of sp³-hybridized carbons (Fsp3) is 0.429. The molecule has 2 heteroatoms. The van der Waals surface area contributed by atoms with Crippen molar-refractivity contribution in [2.75, 3.05) is 5.75 Å². The van der Waals surface area contributed by atoms with Crippen molar-refractivity contribution in [3.63, 3.8) is 0 Å². The van der Waals surface area contributed by atoms with Crippen LogP contribution in [0.1, 0.15) is 25.3 Å². The van der Waals surface area contributed by atoms with E-state index in [1.54, 1.807) is 11.8 Å². The molecule has 1 atom stereocenters. The second-order valence-corrected chi connectivity index (χ2v) is 4.84. The largest absolute Gasteiger partial charge is 0.392 e. The van der Waals surface area contributed by atoms with Crippen LogP contribution in [-0.2, 0) is 0 Å². The van der Waals surface area contributed by atoms with Crippen LogP contribution in [0.4, 0.5) is 0 Å². The highest BCUT2D eigenvalue weighted by molar-refractivity contribution is 7.99. The lowest BCUT2D eigenvalue weighted by Crippen LogP contribution is -2.08. The molecule has 0 aromatic heterocycles. The average Bonchev–Trinajstić information content (AvgIpc) is 2.29. The van der Waals surface area contributed by atoms with Crippen LogP contribution in [0, 0.1) is 18.8 Å². The molecule has 86 valence electrons. The van der Waals surface area contributed by atoms with Crippen molar-refractivity contribution < 1.29 is 5.11 Å². The smallest absolute Gasteiger partial charge is 0.0643 e. The van der Waals surface area contributed by atoms with Gasteiger partial charge in [-0.3, -0.25) is 0 Å². The molecule has 1 N–H and O–H groups in total. The third kappa shape index (κ3) is 5.25. The Balaban J connectivity index is 2.27. The van der Waals surface area contributed by atoms with Crippen LogP contribution >= 0.6 is 11.8 Å². The maximum absolute atomic E-state index is 9.70. The first-order valence-corrected chi connectivity index (χ1v) is 6.48. The Morgan fingerprint density at radius 2 is 2.00 bits per heavy atom. The molecule has 0 amide bonds. The van der Waals surface area contributed by atoms with E-state index in [4.69, 9.17) is 0 Å². The third-order valence-corrected chi connectivity index (χ3v) is 3.40. The Hall–Kier alpha value is -0.910. The van der Waals surface area contributed by atoms with E-state index in [1.165, 1.54) is 10.5 Å². The summed E-state index contributed by atoms with van der Waals surface area (Å²) in [5, 5.41) is 9.70. The first-order chi connectivity index (χ1) is 7.72. The zero-order valence-corrected chi connectivity index (χ0v) is 10.7. The van der Waals surface area contributed by atoms with Gasteiger partial charge < -0.3 is 5.11 Å². The van der Waals surface area contributed by atoms with Crippen molar-refractivity contribution in [2.24, 2.45) is 0 Å². The number of rotatable bonds is 5. The van der Waals surface area contributed by atoms with Gasteiger partial charge in [-0.15, -0.1) is 23.6 Å². The van der Waals surface area contributed by atoms with E-state index in [-0.39, 0.29) is 6.10 Å². The second kappa shape index (κ2) is 7.38. The van der Waals surface area contributed by atoms with Crippen molar-refractivity contribution in [3.8, 4) is 11.8 Å². The highest BCUT2D eigenvalue weighted by atomic mass is 32.2. The molecule has 0 aliphatic rings. The van der Waals surface area contributed by atoms with E-state index in [9.17, 15) is 5.11 Å². The molecule has 0 aliphatic carbocycles. The predicted molar refractivity (Wildman–Crippen MR) is 70.6 cm³/mol.